The van der Waals surface area contributed by atoms with E-state index in [1.807, 2.05) is 0 Å². The van der Waals surface area contributed by atoms with E-state index in [-0.39, 0.29) is 35.8 Å². The third kappa shape index (κ3) is 3.74. The Labute approximate surface area is 121 Å². The molecular formula is C14H18AlF5. The highest BCUT2D eigenvalue weighted by Gasteiger charge is 2.37. The lowest BCUT2D eigenvalue weighted by Crippen LogP contribution is -2.33. The summed E-state index contributed by atoms with van der Waals surface area (Å²) in [6.07, 6.45) is 0.252. The van der Waals surface area contributed by atoms with Crippen molar-refractivity contribution in [3.05, 3.63) is 28.6 Å². The van der Waals surface area contributed by atoms with Crippen molar-refractivity contribution in [3.8, 4) is 0 Å². The molecule has 0 aromatic heterocycles. The van der Waals surface area contributed by atoms with E-state index in [1.165, 1.54) is 0 Å². The molecule has 1 rings (SSSR count). The predicted molar refractivity (Wildman–Crippen MR) is 71.0 cm³/mol. The zero-order valence-electron chi connectivity index (χ0n) is 12.0. The monoisotopic (exact) mass is 308 g/mol. The fourth-order valence-corrected chi connectivity index (χ4v) is 3.14. The van der Waals surface area contributed by atoms with Crippen LogP contribution >= 0.6 is 0 Å². The van der Waals surface area contributed by atoms with E-state index in [9.17, 15) is 20.2 Å². The molecule has 0 saturated heterocycles. The van der Waals surface area contributed by atoms with E-state index in [2.05, 4.69) is 0 Å². The maximum absolute atomic E-state index is 13.9. The van der Waals surface area contributed by atoms with Gasteiger partial charge in [-0.05, 0) is 35.8 Å². The van der Waals surface area contributed by atoms with Crippen LogP contribution < -0.4 is 4.43 Å². The number of rotatable bonds is 5. The first-order valence-electron chi connectivity index (χ1n) is 6.63. The molecule has 0 aliphatic heterocycles. The molecule has 112 valence electrons. The summed E-state index contributed by atoms with van der Waals surface area (Å²) in [4.78, 5) is 0. The molecule has 0 bridgehead atoms. The summed E-state index contributed by atoms with van der Waals surface area (Å²) in [6.45, 7) is 7.10. The van der Waals surface area contributed by atoms with Gasteiger partial charge in [-0.15, -0.1) is 0 Å². The van der Waals surface area contributed by atoms with Crippen LogP contribution in [0.15, 0.2) is 0 Å². The molecular weight excluding hydrogens is 290 g/mol. The Morgan fingerprint density at radius 1 is 0.750 bits per heavy atom. The Bertz CT molecular complexity index is 483. The fourth-order valence-electron chi connectivity index (χ4n) is 2.26. The van der Waals surface area contributed by atoms with Gasteiger partial charge in [-0.25, -0.2) is 13.2 Å². The number of hydrogen-bond donors (Lipinski definition) is 0. The molecule has 20 heavy (non-hydrogen) atoms. The maximum atomic E-state index is 13.9. The highest BCUT2D eigenvalue weighted by Crippen LogP contribution is 2.24. The molecule has 0 nitrogen and oxygen atoms in total. The Kier molecular flexibility index (Phi) is 6.03. The van der Waals surface area contributed by atoms with E-state index in [4.69, 9.17) is 0 Å². The van der Waals surface area contributed by atoms with Gasteiger partial charge in [0.2, 0.25) is 0 Å². The molecule has 0 aliphatic carbocycles. The molecule has 0 atom stereocenters. The molecule has 6 heteroatoms. The molecule has 0 N–H and O–H groups in total. The van der Waals surface area contributed by atoms with Crippen LogP contribution in [0.5, 0.6) is 0 Å². The highest BCUT2D eigenvalue weighted by molar-refractivity contribution is 6.60. The van der Waals surface area contributed by atoms with Gasteiger partial charge in [0.15, 0.2) is 17.5 Å². The smallest absolute Gasteiger partial charge is 0.370 e. The van der Waals surface area contributed by atoms with Crippen molar-refractivity contribution in [2.45, 2.75) is 40.5 Å². The number of hydrogen-bond acceptors (Lipinski definition) is 0. The summed E-state index contributed by atoms with van der Waals surface area (Å²) in [5.41, 5.74) is -0.109. The van der Waals surface area contributed by atoms with Gasteiger partial charge < -0.3 is 7.05 Å². The van der Waals surface area contributed by atoms with Gasteiger partial charge in [-0.3, -0.25) is 0 Å². The first-order chi connectivity index (χ1) is 9.16. The second-order valence-corrected chi connectivity index (χ2v) is 6.99. The second kappa shape index (κ2) is 6.91. The summed E-state index contributed by atoms with van der Waals surface area (Å²) in [7, 11) is 0. The molecule has 0 spiro atoms. The lowest BCUT2D eigenvalue weighted by atomic mass is 9.92. The molecule has 0 fully saturated rings. The van der Waals surface area contributed by atoms with Crippen LogP contribution in [0, 0.1) is 29.3 Å². The summed E-state index contributed by atoms with van der Waals surface area (Å²) >= 11 is -4.57. The summed E-state index contributed by atoms with van der Waals surface area (Å²) < 4.78 is 66.6. The summed E-state index contributed by atoms with van der Waals surface area (Å²) in [5.74, 6) is -4.86. The normalized spacial score (nSPS) is 11.6. The standard InChI is InChI=1S/C14H18F3.Al.2FH/c1-8(2)5-10-7-12(15)14(17)13(16)11(10)6-9(3)4;;;/h8-9H,5-6H2,1-4H3;;2*1H/q;+2;;/p-2. The van der Waals surface area contributed by atoms with E-state index in [0.29, 0.717) is 0 Å². The predicted octanol–water partition coefficient (Wildman–Crippen LogP) is 4.14. The van der Waals surface area contributed by atoms with E-state index >= 15 is 0 Å². The van der Waals surface area contributed by atoms with Crippen LogP contribution in [0.1, 0.15) is 38.8 Å². The third-order valence-corrected chi connectivity index (χ3v) is 4.06. The first-order valence-corrected chi connectivity index (χ1v) is 8.08. The van der Waals surface area contributed by atoms with Crippen molar-refractivity contribution in [3.63, 3.8) is 0 Å². The third-order valence-electron chi connectivity index (χ3n) is 3.02. The largest absolute Gasteiger partial charge is 0.805 e. The number of halogens is 5. The van der Waals surface area contributed by atoms with Gasteiger partial charge in [-0.2, -0.15) is 0 Å². The van der Waals surface area contributed by atoms with Crippen LogP contribution in [0.4, 0.5) is 20.2 Å². The van der Waals surface area contributed by atoms with Gasteiger partial charge in [-0.1, -0.05) is 27.7 Å². The molecule has 0 saturated carbocycles. The lowest BCUT2D eigenvalue weighted by Gasteiger charge is -2.19. The summed E-state index contributed by atoms with van der Waals surface area (Å²) in [5, 5.41) is 0. The maximum Gasteiger partial charge on any atom is 0.805 e. The minimum Gasteiger partial charge on any atom is -0.370 e. The van der Waals surface area contributed by atoms with Crippen molar-refractivity contribution in [1.29, 1.82) is 0 Å². The SMILES string of the molecule is CC(C)Cc1c(F)c(F)c(F)[c]([Al]([F])[F])c1CC(C)C. The average molecular weight is 308 g/mol. The van der Waals surface area contributed by atoms with Crippen LogP contribution in [-0.4, -0.2) is 15.1 Å². The van der Waals surface area contributed by atoms with Crippen LogP contribution in [0.2, 0.25) is 0 Å². The Balaban J connectivity index is 3.60. The van der Waals surface area contributed by atoms with Gasteiger partial charge in [0.1, 0.15) is 0 Å². The van der Waals surface area contributed by atoms with Crippen LogP contribution in [0.25, 0.3) is 0 Å². The molecule has 0 heterocycles. The summed E-state index contributed by atoms with van der Waals surface area (Å²) in [6, 6.07) is 0. The molecule has 0 aliphatic rings. The fraction of sp³-hybridized carbons (Fsp3) is 0.571. The quantitative estimate of drug-likeness (QED) is 0.436. The van der Waals surface area contributed by atoms with Crippen LogP contribution in [-0.2, 0) is 12.8 Å². The minimum atomic E-state index is -4.57. The van der Waals surface area contributed by atoms with Crippen molar-refractivity contribution >= 4 is 19.5 Å². The average Bonchev–Trinajstić information content (AvgIpc) is 2.30. The highest BCUT2D eigenvalue weighted by atomic mass is 27.3. The van der Waals surface area contributed by atoms with Crippen molar-refractivity contribution in [1.82, 2.24) is 0 Å². The Morgan fingerprint density at radius 3 is 1.60 bits per heavy atom. The second-order valence-electron chi connectivity index (χ2n) is 5.81. The molecule has 0 amide bonds. The van der Waals surface area contributed by atoms with Crippen molar-refractivity contribution in [2.75, 3.05) is 0 Å². The first kappa shape index (κ1) is 17.5. The van der Waals surface area contributed by atoms with Gasteiger partial charge in [0.05, 0.1) is 0 Å². The van der Waals surface area contributed by atoms with E-state index < -0.39 is 36.9 Å². The molecule has 1 aromatic carbocycles. The zero-order chi connectivity index (χ0) is 15.6. The van der Waals surface area contributed by atoms with Gasteiger partial charge in [0, 0.05) is 4.43 Å². The lowest BCUT2D eigenvalue weighted by molar-refractivity contribution is 0.434. The number of benzene rings is 1. The van der Waals surface area contributed by atoms with Crippen LogP contribution in [0.3, 0.4) is 0 Å². The molecule has 0 unspecified atom stereocenters. The Morgan fingerprint density at radius 2 is 1.20 bits per heavy atom. The molecule has 0 radical (unpaired) electrons. The Hall–Kier alpha value is -0.598. The van der Waals surface area contributed by atoms with E-state index in [0.717, 1.165) is 0 Å². The van der Waals surface area contributed by atoms with E-state index in [1.54, 1.807) is 27.7 Å². The van der Waals surface area contributed by atoms with Gasteiger partial charge in [0.25, 0.3) is 0 Å². The van der Waals surface area contributed by atoms with Crippen molar-refractivity contribution < 1.29 is 20.2 Å². The van der Waals surface area contributed by atoms with Crippen molar-refractivity contribution in [2.24, 2.45) is 11.8 Å². The van der Waals surface area contributed by atoms with Gasteiger partial charge >= 0.3 is 15.1 Å². The topological polar surface area (TPSA) is 0 Å². The zero-order valence-corrected chi connectivity index (χ0v) is 13.2. The minimum absolute atomic E-state index is 0.0215. The molecule has 1 aromatic rings.